The van der Waals surface area contributed by atoms with Crippen molar-refractivity contribution in [1.82, 2.24) is 10.2 Å². The maximum Gasteiger partial charge on any atom is 0.244 e. The van der Waals surface area contributed by atoms with E-state index in [1.807, 2.05) is 13.8 Å². The molecule has 0 aromatic heterocycles. The fraction of sp³-hybridized carbons (Fsp3) is 0.417. The number of halogens is 4. The van der Waals surface area contributed by atoms with Crippen molar-refractivity contribution in [3.05, 3.63) is 63.6 Å². The number of nitrogens with zero attached hydrogens (tertiary/aromatic N) is 2. The van der Waals surface area contributed by atoms with E-state index < -0.39 is 46.1 Å². The summed E-state index contributed by atoms with van der Waals surface area (Å²) in [5, 5.41) is 3.36. The Morgan fingerprint density at radius 1 is 1.03 bits per heavy atom. The fourth-order valence-electron chi connectivity index (χ4n) is 3.47. The van der Waals surface area contributed by atoms with E-state index in [1.165, 1.54) is 4.90 Å². The van der Waals surface area contributed by atoms with Crippen molar-refractivity contribution in [2.75, 3.05) is 17.1 Å². The Morgan fingerprint density at radius 3 is 2.14 bits per heavy atom. The van der Waals surface area contributed by atoms with E-state index in [-0.39, 0.29) is 34.7 Å². The Balaban J connectivity index is 2.52. The van der Waals surface area contributed by atoms with Crippen LogP contribution in [0.1, 0.15) is 39.2 Å². The van der Waals surface area contributed by atoms with Crippen molar-refractivity contribution < 1.29 is 26.8 Å². The lowest BCUT2D eigenvalue weighted by atomic mass is 10.1. The maximum atomic E-state index is 13.9. The molecule has 1 N–H and O–H groups in total. The van der Waals surface area contributed by atoms with Gasteiger partial charge in [0.1, 0.15) is 12.6 Å². The van der Waals surface area contributed by atoms with E-state index in [2.05, 4.69) is 5.32 Å². The smallest absolute Gasteiger partial charge is 0.244 e. The molecule has 0 fully saturated rings. The van der Waals surface area contributed by atoms with Crippen molar-refractivity contribution in [2.45, 2.75) is 52.2 Å². The lowest BCUT2D eigenvalue weighted by molar-refractivity contribution is -0.140. The summed E-state index contributed by atoms with van der Waals surface area (Å²) in [7, 11) is -4.10. The molecule has 0 aliphatic rings. The van der Waals surface area contributed by atoms with Crippen LogP contribution in [0.3, 0.4) is 0 Å². The largest absolute Gasteiger partial charge is 0.352 e. The van der Waals surface area contributed by atoms with Gasteiger partial charge in [-0.25, -0.2) is 17.2 Å². The quantitative estimate of drug-likeness (QED) is 0.427. The molecule has 0 spiro atoms. The average Bonchev–Trinajstić information content (AvgIpc) is 2.80. The van der Waals surface area contributed by atoms with E-state index in [4.69, 9.17) is 23.2 Å². The third kappa shape index (κ3) is 7.54. The number of rotatable bonds is 11. The summed E-state index contributed by atoms with van der Waals surface area (Å²) < 4.78 is 53.0. The Hall–Kier alpha value is -2.43. The van der Waals surface area contributed by atoms with Gasteiger partial charge in [0.15, 0.2) is 11.6 Å². The second-order valence-electron chi connectivity index (χ2n) is 8.33. The number of sulfonamides is 1. The lowest BCUT2D eigenvalue weighted by Crippen LogP contribution is -2.53. The van der Waals surface area contributed by atoms with Crippen LogP contribution in [0.5, 0.6) is 0 Å². The summed E-state index contributed by atoms with van der Waals surface area (Å²) in [6.45, 7) is 4.47. The maximum absolute atomic E-state index is 13.9. The van der Waals surface area contributed by atoms with Crippen LogP contribution in [0.2, 0.25) is 10.0 Å². The van der Waals surface area contributed by atoms with Crippen molar-refractivity contribution >= 4 is 50.7 Å². The third-order valence-electron chi connectivity index (χ3n) is 5.65. The van der Waals surface area contributed by atoms with E-state index in [0.717, 1.165) is 18.4 Å². The van der Waals surface area contributed by atoms with Crippen LogP contribution in [0.4, 0.5) is 14.5 Å². The number of carbonyl (C=O) groups excluding carboxylic acids is 2. The van der Waals surface area contributed by atoms with Crippen molar-refractivity contribution in [3.8, 4) is 0 Å². The molecule has 0 unspecified atom stereocenters. The van der Waals surface area contributed by atoms with Crippen LogP contribution in [-0.4, -0.2) is 50.0 Å². The summed E-state index contributed by atoms with van der Waals surface area (Å²) in [6.07, 6.45) is 1.70. The van der Waals surface area contributed by atoms with Crippen LogP contribution >= 0.6 is 23.2 Å². The van der Waals surface area contributed by atoms with Gasteiger partial charge in [0.05, 0.1) is 11.9 Å². The first-order chi connectivity index (χ1) is 16.8. The minimum Gasteiger partial charge on any atom is -0.352 e. The Labute approximate surface area is 220 Å². The second-order valence-corrected chi connectivity index (χ2v) is 11.1. The normalized spacial score (nSPS) is 13.1. The summed E-state index contributed by atoms with van der Waals surface area (Å²) in [5.41, 5.74) is 0.139. The molecule has 0 saturated carbocycles. The molecule has 2 aromatic carbocycles. The molecule has 2 atom stereocenters. The molecule has 0 aliphatic heterocycles. The van der Waals surface area contributed by atoms with Crippen molar-refractivity contribution in [2.24, 2.45) is 0 Å². The van der Waals surface area contributed by atoms with Crippen molar-refractivity contribution in [3.63, 3.8) is 0 Å². The molecule has 0 aliphatic carbocycles. The van der Waals surface area contributed by atoms with Gasteiger partial charge < -0.3 is 10.2 Å². The minimum atomic E-state index is -4.10. The second kappa shape index (κ2) is 12.7. The van der Waals surface area contributed by atoms with Gasteiger partial charge in [-0.3, -0.25) is 13.9 Å². The van der Waals surface area contributed by atoms with Gasteiger partial charge in [-0.05, 0) is 44.0 Å². The van der Waals surface area contributed by atoms with E-state index in [1.54, 1.807) is 25.1 Å². The molecule has 2 aromatic rings. The Bertz CT molecular complexity index is 1190. The molecule has 12 heteroatoms. The van der Waals surface area contributed by atoms with E-state index >= 15 is 0 Å². The van der Waals surface area contributed by atoms with Crippen LogP contribution in [0.15, 0.2) is 36.4 Å². The Morgan fingerprint density at radius 2 is 1.64 bits per heavy atom. The van der Waals surface area contributed by atoms with E-state index in [0.29, 0.717) is 22.4 Å². The topological polar surface area (TPSA) is 86.8 Å². The van der Waals surface area contributed by atoms with Gasteiger partial charge in [0.2, 0.25) is 21.8 Å². The predicted molar refractivity (Wildman–Crippen MR) is 138 cm³/mol. The first kappa shape index (κ1) is 29.8. The van der Waals surface area contributed by atoms with Gasteiger partial charge in [0.25, 0.3) is 0 Å². The standard InChI is InChI=1S/C24H29Cl2F2N3O4S/c1-5-15(3)29-24(33)22(6-2)30(13-17-18(25)8-7-9-19(17)26)23(32)14-31(36(4,34)35)16-10-11-20(27)21(28)12-16/h7-12,15,22H,5-6,13-14H2,1-4H3,(H,29,33)/t15-,22+/m0/s1. The molecule has 0 radical (unpaired) electrons. The monoisotopic (exact) mass is 563 g/mol. The molecule has 0 heterocycles. The molecule has 0 bridgehead atoms. The van der Waals surface area contributed by atoms with Gasteiger partial charge in [-0.1, -0.05) is 43.1 Å². The SMILES string of the molecule is CC[C@H](C(=O)N[C@@H](C)CC)N(Cc1c(Cl)cccc1Cl)C(=O)CN(c1ccc(F)c(F)c1)S(C)(=O)=O. The number of hydrogen-bond donors (Lipinski definition) is 1. The molecule has 36 heavy (non-hydrogen) atoms. The fourth-order valence-corrected chi connectivity index (χ4v) is 4.83. The highest BCUT2D eigenvalue weighted by Gasteiger charge is 2.33. The number of anilines is 1. The third-order valence-corrected chi connectivity index (χ3v) is 7.50. The minimum absolute atomic E-state index is 0.165. The number of nitrogens with one attached hydrogen (secondary N) is 1. The van der Waals surface area contributed by atoms with Crippen LogP contribution in [0.25, 0.3) is 0 Å². The summed E-state index contributed by atoms with van der Waals surface area (Å²) in [5.74, 6) is -3.62. The predicted octanol–water partition coefficient (Wildman–Crippen LogP) is 4.76. The van der Waals surface area contributed by atoms with Gasteiger partial charge in [-0.15, -0.1) is 0 Å². The van der Waals surface area contributed by atoms with Crippen LogP contribution < -0.4 is 9.62 Å². The molecular formula is C24H29Cl2F2N3O4S. The van der Waals surface area contributed by atoms with Gasteiger partial charge >= 0.3 is 0 Å². The first-order valence-corrected chi connectivity index (χ1v) is 13.9. The van der Waals surface area contributed by atoms with Gasteiger partial charge in [-0.2, -0.15) is 0 Å². The molecule has 2 rings (SSSR count). The highest BCUT2D eigenvalue weighted by molar-refractivity contribution is 7.92. The van der Waals surface area contributed by atoms with E-state index in [9.17, 15) is 26.8 Å². The highest BCUT2D eigenvalue weighted by atomic mass is 35.5. The highest BCUT2D eigenvalue weighted by Crippen LogP contribution is 2.28. The zero-order valence-electron chi connectivity index (χ0n) is 20.4. The summed E-state index contributed by atoms with van der Waals surface area (Å²) >= 11 is 12.6. The number of amides is 2. The molecule has 198 valence electrons. The lowest BCUT2D eigenvalue weighted by Gasteiger charge is -2.33. The molecule has 2 amide bonds. The molecular weight excluding hydrogens is 535 g/mol. The first-order valence-electron chi connectivity index (χ1n) is 11.3. The average molecular weight is 564 g/mol. The zero-order chi connectivity index (χ0) is 27.2. The summed E-state index contributed by atoms with van der Waals surface area (Å²) in [4.78, 5) is 27.9. The molecule has 0 saturated heterocycles. The Kier molecular flexibility index (Phi) is 10.5. The van der Waals surface area contributed by atoms with Crippen LogP contribution in [0, 0.1) is 11.6 Å². The summed E-state index contributed by atoms with van der Waals surface area (Å²) in [6, 6.07) is 6.14. The van der Waals surface area contributed by atoms with Crippen LogP contribution in [-0.2, 0) is 26.2 Å². The van der Waals surface area contributed by atoms with Crippen molar-refractivity contribution in [1.29, 1.82) is 0 Å². The number of benzene rings is 2. The van der Waals surface area contributed by atoms with Gasteiger partial charge in [0, 0.05) is 34.3 Å². The number of carbonyl (C=O) groups is 2. The zero-order valence-corrected chi connectivity index (χ0v) is 22.7. The molecule has 7 nitrogen and oxygen atoms in total. The number of hydrogen-bond acceptors (Lipinski definition) is 4.